The van der Waals surface area contributed by atoms with Gasteiger partial charge < -0.3 is 10.5 Å². The van der Waals surface area contributed by atoms with Crippen molar-refractivity contribution in [3.63, 3.8) is 0 Å². The molecule has 2 heterocycles. The first-order chi connectivity index (χ1) is 8.14. The Hall–Kier alpha value is -0.120. The molecule has 0 amide bonds. The Morgan fingerprint density at radius 1 is 1.24 bits per heavy atom. The summed E-state index contributed by atoms with van der Waals surface area (Å²) in [7, 11) is 0. The molecular formula is C14H28N2O. The molecule has 1 unspecified atom stereocenters. The molecule has 2 aliphatic heterocycles. The number of nitrogens with two attached hydrogens (primary N) is 1. The minimum Gasteiger partial charge on any atom is -0.379 e. The molecule has 0 aromatic rings. The summed E-state index contributed by atoms with van der Waals surface area (Å²) in [6.07, 6.45) is 6.30. The minimum absolute atomic E-state index is 0.146. The molecule has 0 spiro atoms. The van der Waals surface area contributed by atoms with Crippen molar-refractivity contribution in [2.45, 2.75) is 51.5 Å². The third-order valence-electron chi connectivity index (χ3n) is 5.18. The van der Waals surface area contributed by atoms with E-state index in [4.69, 9.17) is 10.5 Å². The van der Waals surface area contributed by atoms with Crippen LogP contribution in [0.15, 0.2) is 0 Å². The monoisotopic (exact) mass is 240 g/mol. The lowest BCUT2D eigenvalue weighted by atomic mass is 9.76. The number of nitrogens with zero attached hydrogens (tertiary/aromatic N) is 1. The van der Waals surface area contributed by atoms with Gasteiger partial charge in [-0.1, -0.05) is 20.3 Å². The van der Waals surface area contributed by atoms with Gasteiger partial charge in [0, 0.05) is 13.2 Å². The molecule has 0 bridgehead atoms. The van der Waals surface area contributed by atoms with Gasteiger partial charge in [0.2, 0.25) is 0 Å². The minimum atomic E-state index is 0.146. The third kappa shape index (κ3) is 2.67. The van der Waals surface area contributed by atoms with Crippen LogP contribution in [0.4, 0.5) is 0 Å². The molecule has 3 nitrogen and oxygen atoms in total. The van der Waals surface area contributed by atoms with Crippen LogP contribution >= 0.6 is 0 Å². The maximum absolute atomic E-state index is 6.05. The summed E-state index contributed by atoms with van der Waals surface area (Å²) >= 11 is 0. The van der Waals surface area contributed by atoms with E-state index >= 15 is 0 Å². The average molecular weight is 240 g/mol. The molecule has 2 fully saturated rings. The molecular weight excluding hydrogens is 212 g/mol. The molecule has 1 atom stereocenters. The van der Waals surface area contributed by atoms with Crippen LogP contribution in [0.2, 0.25) is 0 Å². The summed E-state index contributed by atoms with van der Waals surface area (Å²) in [6, 6.07) is 0. The lowest BCUT2D eigenvalue weighted by Crippen LogP contribution is -2.61. The zero-order valence-electron chi connectivity index (χ0n) is 11.5. The average Bonchev–Trinajstić information content (AvgIpc) is 2.40. The number of likely N-dealkylation sites (tertiary alicyclic amines) is 1. The topological polar surface area (TPSA) is 38.5 Å². The molecule has 2 saturated heterocycles. The van der Waals surface area contributed by atoms with Crippen molar-refractivity contribution < 1.29 is 4.74 Å². The van der Waals surface area contributed by atoms with Crippen molar-refractivity contribution in [3.8, 4) is 0 Å². The van der Waals surface area contributed by atoms with Crippen LogP contribution in [0.25, 0.3) is 0 Å². The predicted molar refractivity (Wildman–Crippen MR) is 71.0 cm³/mol. The van der Waals surface area contributed by atoms with Gasteiger partial charge >= 0.3 is 0 Å². The molecule has 0 aromatic heterocycles. The third-order valence-corrected chi connectivity index (χ3v) is 5.18. The van der Waals surface area contributed by atoms with E-state index in [1.807, 2.05) is 0 Å². The Balaban J connectivity index is 1.98. The first-order valence-electron chi connectivity index (χ1n) is 7.17. The van der Waals surface area contributed by atoms with Crippen LogP contribution in [0.5, 0.6) is 0 Å². The molecule has 0 saturated carbocycles. The fourth-order valence-corrected chi connectivity index (χ4v) is 3.25. The van der Waals surface area contributed by atoms with E-state index in [0.717, 1.165) is 19.8 Å². The highest BCUT2D eigenvalue weighted by Gasteiger charge is 2.41. The predicted octanol–water partition coefficient (Wildman–Crippen LogP) is 2.01. The smallest absolute Gasteiger partial charge is 0.0662 e. The van der Waals surface area contributed by atoms with Crippen molar-refractivity contribution >= 4 is 0 Å². The molecule has 0 radical (unpaired) electrons. The van der Waals surface area contributed by atoms with Crippen molar-refractivity contribution in [1.29, 1.82) is 0 Å². The van der Waals surface area contributed by atoms with Crippen LogP contribution in [-0.4, -0.2) is 43.3 Å². The quantitative estimate of drug-likeness (QED) is 0.820. The Morgan fingerprint density at radius 3 is 2.41 bits per heavy atom. The van der Waals surface area contributed by atoms with Crippen molar-refractivity contribution in [2.24, 2.45) is 11.1 Å². The van der Waals surface area contributed by atoms with Crippen LogP contribution < -0.4 is 5.73 Å². The maximum Gasteiger partial charge on any atom is 0.0662 e. The SMILES string of the molecule is CCC1(C)CCN(C2(CN)CCCOC2)CC1. The van der Waals surface area contributed by atoms with E-state index in [0.29, 0.717) is 5.41 Å². The van der Waals surface area contributed by atoms with Gasteiger partial charge in [0.25, 0.3) is 0 Å². The van der Waals surface area contributed by atoms with Gasteiger partial charge in [-0.25, -0.2) is 0 Å². The lowest BCUT2D eigenvalue weighted by Gasteiger charge is -2.50. The van der Waals surface area contributed by atoms with E-state index < -0.39 is 0 Å². The highest BCUT2D eigenvalue weighted by molar-refractivity contribution is 4.97. The summed E-state index contributed by atoms with van der Waals surface area (Å²) in [5, 5.41) is 0. The Bertz CT molecular complexity index is 241. The lowest BCUT2D eigenvalue weighted by molar-refractivity contribution is -0.0655. The first kappa shape index (κ1) is 13.3. The van der Waals surface area contributed by atoms with Gasteiger partial charge in [0.15, 0.2) is 0 Å². The van der Waals surface area contributed by atoms with Gasteiger partial charge in [0.05, 0.1) is 12.1 Å². The second kappa shape index (κ2) is 5.25. The van der Waals surface area contributed by atoms with Crippen molar-refractivity contribution in [3.05, 3.63) is 0 Å². The highest BCUT2D eigenvalue weighted by atomic mass is 16.5. The van der Waals surface area contributed by atoms with E-state index in [2.05, 4.69) is 18.7 Å². The summed E-state index contributed by atoms with van der Waals surface area (Å²) in [4.78, 5) is 2.61. The van der Waals surface area contributed by atoms with Crippen LogP contribution in [0.1, 0.15) is 46.0 Å². The summed E-state index contributed by atoms with van der Waals surface area (Å²) in [6.45, 7) is 9.65. The van der Waals surface area contributed by atoms with E-state index in [1.54, 1.807) is 0 Å². The van der Waals surface area contributed by atoms with Crippen LogP contribution in [-0.2, 0) is 4.74 Å². The number of ether oxygens (including phenoxy) is 1. The zero-order chi connectivity index (χ0) is 12.4. The highest BCUT2D eigenvalue weighted by Crippen LogP contribution is 2.37. The summed E-state index contributed by atoms with van der Waals surface area (Å²) in [5.41, 5.74) is 6.75. The summed E-state index contributed by atoms with van der Waals surface area (Å²) in [5.74, 6) is 0. The Labute approximate surface area is 106 Å². The Kier molecular flexibility index (Phi) is 4.11. The van der Waals surface area contributed by atoms with E-state index in [9.17, 15) is 0 Å². The second-order valence-corrected chi connectivity index (χ2v) is 6.24. The Morgan fingerprint density at radius 2 is 1.94 bits per heavy atom. The van der Waals surface area contributed by atoms with Gasteiger partial charge in [-0.3, -0.25) is 4.90 Å². The molecule has 0 aliphatic carbocycles. The van der Waals surface area contributed by atoms with Crippen LogP contribution in [0.3, 0.4) is 0 Å². The van der Waals surface area contributed by atoms with E-state index in [1.165, 1.54) is 45.2 Å². The molecule has 100 valence electrons. The zero-order valence-corrected chi connectivity index (χ0v) is 11.5. The van der Waals surface area contributed by atoms with E-state index in [-0.39, 0.29) is 5.54 Å². The molecule has 2 N–H and O–H groups in total. The van der Waals surface area contributed by atoms with Crippen molar-refractivity contribution in [2.75, 3.05) is 32.8 Å². The standard InChI is InChI=1S/C14H28N2O/c1-3-13(2)6-8-16(9-7-13)14(11-15)5-4-10-17-12-14/h3-12,15H2,1-2H3. The number of rotatable bonds is 3. The first-order valence-corrected chi connectivity index (χ1v) is 7.17. The number of hydrogen-bond acceptors (Lipinski definition) is 3. The van der Waals surface area contributed by atoms with Crippen molar-refractivity contribution in [1.82, 2.24) is 4.90 Å². The molecule has 3 heteroatoms. The van der Waals surface area contributed by atoms with Crippen LogP contribution in [0, 0.1) is 5.41 Å². The maximum atomic E-state index is 6.05. The fraction of sp³-hybridized carbons (Fsp3) is 1.00. The largest absolute Gasteiger partial charge is 0.379 e. The molecule has 17 heavy (non-hydrogen) atoms. The van der Waals surface area contributed by atoms with Gasteiger partial charge in [-0.15, -0.1) is 0 Å². The normalized spacial score (nSPS) is 34.8. The molecule has 0 aromatic carbocycles. The second-order valence-electron chi connectivity index (χ2n) is 6.24. The number of hydrogen-bond donors (Lipinski definition) is 1. The summed E-state index contributed by atoms with van der Waals surface area (Å²) < 4.78 is 5.69. The van der Waals surface area contributed by atoms with Gasteiger partial charge in [0.1, 0.15) is 0 Å². The fourth-order valence-electron chi connectivity index (χ4n) is 3.25. The molecule has 2 rings (SSSR count). The molecule has 2 aliphatic rings. The van der Waals surface area contributed by atoms with Gasteiger partial charge in [-0.2, -0.15) is 0 Å². The van der Waals surface area contributed by atoms with Gasteiger partial charge in [-0.05, 0) is 44.2 Å². The number of piperidine rings is 1.